The molecular formula is C16H16F3NO2. The van der Waals surface area contributed by atoms with Crippen LogP contribution in [0.4, 0.5) is 13.2 Å². The van der Waals surface area contributed by atoms with Crippen LogP contribution in [0.3, 0.4) is 0 Å². The minimum Gasteiger partial charge on any atom is -0.494 e. The van der Waals surface area contributed by atoms with Crippen LogP contribution in [0.1, 0.15) is 24.1 Å². The Hall–Kier alpha value is -2.21. The molecule has 0 spiro atoms. The molecule has 0 aliphatic carbocycles. The number of alkyl halides is 3. The Kier molecular flexibility index (Phi) is 4.92. The van der Waals surface area contributed by atoms with E-state index in [4.69, 9.17) is 10.5 Å². The summed E-state index contributed by atoms with van der Waals surface area (Å²) in [6.45, 7) is 2.42. The van der Waals surface area contributed by atoms with E-state index in [0.29, 0.717) is 17.9 Å². The second-order valence-corrected chi connectivity index (χ2v) is 4.60. The van der Waals surface area contributed by atoms with Crippen molar-refractivity contribution < 1.29 is 22.6 Å². The van der Waals surface area contributed by atoms with Crippen LogP contribution in [0.15, 0.2) is 48.5 Å². The van der Waals surface area contributed by atoms with Gasteiger partial charge >= 0.3 is 6.36 Å². The van der Waals surface area contributed by atoms with E-state index in [9.17, 15) is 13.2 Å². The molecule has 0 radical (unpaired) electrons. The predicted octanol–water partition coefficient (Wildman–Crippen LogP) is 4.03. The molecule has 1 atom stereocenters. The summed E-state index contributed by atoms with van der Waals surface area (Å²) in [7, 11) is 0. The van der Waals surface area contributed by atoms with Gasteiger partial charge in [-0.1, -0.05) is 24.3 Å². The fourth-order valence-corrected chi connectivity index (χ4v) is 2.03. The molecule has 0 aliphatic rings. The van der Waals surface area contributed by atoms with Crippen molar-refractivity contribution in [3.05, 3.63) is 59.7 Å². The normalized spacial score (nSPS) is 12.8. The lowest BCUT2D eigenvalue weighted by atomic mass is 9.99. The second kappa shape index (κ2) is 6.70. The lowest BCUT2D eigenvalue weighted by Gasteiger charge is -2.15. The highest BCUT2D eigenvalue weighted by Crippen LogP contribution is 2.27. The van der Waals surface area contributed by atoms with Gasteiger partial charge in [0.2, 0.25) is 0 Å². The molecule has 0 saturated heterocycles. The molecule has 3 nitrogen and oxygen atoms in total. The van der Waals surface area contributed by atoms with Crippen LogP contribution in [0, 0.1) is 0 Å². The maximum absolute atomic E-state index is 12.1. The number of hydrogen-bond acceptors (Lipinski definition) is 3. The summed E-state index contributed by atoms with van der Waals surface area (Å²) in [6.07, 6.45) is -4.70. The molecule has 0 heterocycles. The fourth-order valence-electron chi connectivity index (χ4n) is 2.03. The molecule has 0 amide bonds. The van der Waals surface area contributed by atoms with Gasteiger partial charge in [-0.15, -0.1) is 13.2 Å². The molecule has 2 rings (SSSR count). The van der Waals surface area contributed by atoms with Crippen molar-refractivity contribution in [2.75, 3.05) is 6.61 Å². The van der Waals surface area contributed by atoms with E-state index in [0.717, 1.165) is 5.56 Å². The molecule has 0 fully saturated rings. The maximum Gasteiger partial charge on any atom is 0.573 e. The minimum absolute atomic E-state index is 0.272. The lowest BCUT2D eigenvalue weighted by molar-refractivity contribution is -0.274. The third kappa shape index (κ3) is 4.39. The highest BCUT2D eigenvalue weighted by molar-refractivity contribution is 5.38. The van der Waals surface area contributed by atoms with E-state index >= 15 is 0 Å². The smallest absolute Gasteiger partial charge is 0.494 e. The van der Waals surface area contributed by atoms with Gasteiger partial charge in [0.15, 0.2) is 0 Å². The minimum atomic E-state index is -4.70. The van der Waals surface area contributed by atoms with E-state index in [2.05, 4.69) is 4.74 Å². The summed E-state index contributed by atoms with van der Waals surface area (Å²) < 4.78 is 45.6. The van der Waals surface area contributed by atoms with E-state index in [1.165, 1.54) is 24.3 Å². The number of rotatable bonds is 5. The molecule has 2 aromatic rings. The topological polar surface area (TPSA) is 44.5 Å². The number of hydrogen-bond donors (Lipinski definition) is 1. The Labute approximate surface area is 126 Å². The molecule has 118 valence electrons. The Balaban J connectivity index is 2.15. The van der Waals surface area contributed by atoms with Crippen molar-refractivity contribution in [1.29, 1.82) is 0 Å². The third-order valence-corrected chi connectivity index (χ3v) is 3.00. The zero-order valence-corrected chi connectivity index (χ0v) is 11.9. The number of ether oxygens (including phenoxy) is 2. The maximum atomic E-state index is 12.1. The molecule has 0 aliphatic heterocycles. The Morgan fingerprint density at radius 3 is 2.27 bits per heavy atom. The summed E-state index contributed by atoms with van der Waals surface area (Å²) in [5.74, 6) is 0.430. The van der Waals surface area contributed by atoms with Crippen molar-refractivity contribution in [2.45, 2.75) is 19.3 Å². The average Bonchev–Trinajstić information content (AvgIpc) is 2.46. The molecule has 0 saturated carbocycles. The van der Waals surface area contributed by atoms with Crippen LogP contribution in [0.2, 0.25) is 0 Å². The summed E-state index contributed by atoms with van der Waals surface area (Å²) in [5, 5.41) is 0. The van der Waals surface area contributed by atoms with Gasteiger partial charge in [0.1, 0.15) is 11.5 Å². The molecule has 6 heteroatoms. The van der Waals surface area contributed by atoms with Crippen molar-refractivity contribution in [1.82, 2.24) is 0 Å². The van der Waals surface area contributed by atoms with E-state index in [1.54, 1.807) is 0 Å². The van der Waals surface area contributed by atoms with Gasteiger partial charge in [0, 0.05) is 0 Å². The molecule has 0 aromatic heterocycles. The lowest BCUT2D eigenvalue weighted by Crippen LogP contribution is -2.17. The second-order valence-electron chi connectivity index (χ2n) is 4.60. The molecule has 2 aromatic carbocycles. The van der Waals surface area contributed by atoms with Gasteiger partial charge in [-0.2, -0.15) is 0 Å². The fraction of sp³-hybridized carbons (Fsp3) is 0.250. The Morgan fingerprint density at radius 1 is 1.00 bits per heavy atom. The molecular weight excluding hydrogens is 295 g/mol. The number of halogens is 3. The summed E-state index contributed by atoms with van der Waals surface area (Å²) in [5.41, 5.74) is 7.64. The quantitative estimate of drug-likeness (QED) is 0.906. The number of benzene rings is 2. The predicted molar refractivity (Wildman–Crippen MR) is 76.8 cm³/mol. The Morgan fingerprint density at radius 2 is 1.68 bits per heavy atom. The van der Waals surface area contributed by atoms with E-state index in [-0.39, 0.29) is 5.75 Å². The van der Waals surface area contributed by atoms with Gasteiger partial charge in [-0.05, 0) is 42.3 Å². The van der Waals surface area contributed by atoms with Crippen LogP contribution >= 0.6 is 0 Å². The van der Waals surface area contributed by atoms with Crippen molar-refractivity contribution in [3.63, 3.8) is 0 Å². The first-order chi connectivity index (χ1) is 10.4. The molecule has 22 heavy (non-hydrogen) atoms. The Bertz CT molecular complexity index is 612. The van der Waals surface area contributed by atoms with Gasteiger partial charge in [-0.3, -0.25) is 0 Å². The van der Waals surface area contributed by atoms with Gasteiger partial charge in [0.25, 0.3) is 0 Å². The van der Waals surface area contributed by atoms with Crippen LogP contribution < -0.4 is 15.2 Å². The first-order valence-corrected chi connectivity index (χ1v) is 6.73. The first kappa shape index (κ1) is 16.2. The van der Waals surface area contributed by atoms with Crippen molar-refractivity contribution in [2.24, 2.45) is 5.73 Å². The van der Waals surface area contributed by atoms with Gasteiger partial charge < -0.3 is 15.2 Å². The standard InChI is InChI=1S/C16H16F3NO2/c1-2-21-14-5-3-4-12(10-14)15(20)11-6-8-13(9-7-11)22-16(17,18)19/h3-10,15H,2,20H2,1H3/t15-/m1/s1. The monoisotopic (exact) mass is 311 g/mol. The van der Waals surface area contributed by atoms with Crippen molar-refractivity contribution in [3.8, 4) is 11.5 Å². The largest absolute Gasteiger partial charge is 0.573 e. The van der Waals surface area contributed by atoms with Crippen molar-refractivity contribution >= 4 is 0 Å². The summed E-state index contributed by atoms with van der Waals surface area (Å²) in [4.78, 5) is 0. The van der Waals surface area contributed by atoms with Crippen LogP contribution in [-0.4, -0.2) is 13.0 Å². The highest BCUT2D eigenvalue weighted by Gasteiger charge is 2.31. The van der Waals surface area contributed by atoms with Gasteiger partial charge in [-0.25, -0.2) is 0 Å². The molecule has 0 bridgehead atoms. The van der Waals surface area contributed by atoms with Gasteiger partial charge in [0.05, 0.1) is 12.6 Å². The third-order valence-electron chi connectivity index (χ3n) is 3.00. The summed E-state index contributed by atoms with van der Waals surface area (Å²) in [6, 6.07) is 12.4. The average molecular weight is 311 g/mol. The molecule has 0 unspecified atom stereocenters. The zero-order chi connectivity index (χ0) is 16.2. The highest BCUT2D eigenvalue weighted by atomic mass is 19.4. The van der Waals surface area contributed by atoms with Crippen LogP contribution in [0.5, 0.6) is 11.5 Å². The molecule has 2 N–H and O–H groups in total. The number of nitrogens with two attached hydrogens (primary N) is 1. The van der Waals surface area contributed by atoms with Crippen LogP contribution in [-0.2, 0) is 0 Å². The zero-order valence-electron chi connectivity index (χ0n) is 11.9. The van der Waals surface area contributed by atoms with E-state index < -0.39 is 12.4 Å². The van der Waals surface area contributed by atoms with E-state index in [1.807, 2.05) is 31.2 Å². The SMILES string of the molecule is CCOc1cccc([C@H](N)c2ccc(OC(F)(F)F)cc2)c1. The van der Waals surface area contributed by atoms with Crippen LogP contribution in [0.25, 0.3) is 0 Å². The summed E-state index contributed by atoms with van der Waals surface area (Å²) >= 11 is 0. The first-order valence-electron chi connectivity index (χ1n) is 6.73.